The minimum absolute atomic E-state index is 0.465. The number of nitrogens with one attached hydrogen (secondary N) is 1. The number of carbonyl (C=O) groups is 1. The molecule has 0 aliphatic heterocycles. The molecule has 0 saturated carbocycles. The molecule has 0 fully saturated rings. The zero-order valence-corrected chi connectivity index (χ0v) is 12.0. The summed E-state index contributed by atoms with van der Waals surface area (Å²) in [5.41, 5.74) is 1.24. The number of hydrogen-bond donors (Lipinski definition) is 2. The summed E-state index contributed by atoms with van der Waals surface area (Å²) in [5.74, 6) is -0.730. The molecule has 0 aliphatic rings. The van der Waals surface area contributed by atoms with Gasteiger partial charge in [-0.25, -0.2) is 0 Å². The highest BCUT2D eigenvalue weighted by Crippen LogP contribution is 2.26. The number of aliphatic carboxylic acids is 1. The van der Waals surface area contributed by atoms with Gasteiger partial charge in [0, 0.05) is 24.0 Å². The molecule has 108 valence electrons. The van der Waals surface area contributed by atoms with Crippen molar-refractivity contribution in [1.29, 1.82) is 0 Å². The highest BCUT2D eigenvalue weighted by atomic mass is 16.4. The maximum absolute atomic E-state index is 11.4. The number of rotatable bonds is 7. The topological polar surface area (TPSA) is 62.5 Å². The lowest BCUT2D eigenvalue weighted by molar-refractivity contribution is -0.149. The van der Waals surface area contributed by atoms with E-state index in [2.05, 4.69) is 5.32 Å². The van der Waals surface area contributed by atoms with Crippen LogP contribution in [0.4, 0.5) is 0 Å². The number of para-hydroxylation sites is 1. The average molecular weight is 275 g/mol. The van der Waals surface area contributed by atoms with Crippen LogP contribution in [0, 0.1) is 5.41 Å². The van der Waals surface area contributed by atoms with Gasteiger partial charge in [-0.15, -0.1) is 0 Å². The van der Waals surface area contributed by atoms with Crippen LogP contribution >= 0.6 is 0 Å². The second-order valence-electron chi connectivity index (χ2n) is 5.15. The molecule has 0 aliphatic carbocycles. The van der Waals surface area contributed by atoms with Crippen LogP contribution in [0.2, 0.25) is 0 Å². The van der Waals surface area contributed by atoms with Crippen molar-refractivity contribution in [2.24, 2.45) is 5.41 Å². The van der Waals surface area contributed by atoms with Gasteiger partial charge in [-0.3, -0.25) is 4.79 Å². The molecule has 0 atom stereocenters. The van der Waals surface area contributed by atoms with Gasteiger partial charge in [0.05, 0.1) is 11.7 Å². The molecule has 0 spiro atoms. The van der Waals surface area contributed by atoms with E-state index in [-0.39, 0.29) is 0 Å². The number of furan rings is 1. The molecule has 0 amide bonds. The van der Waals surface area contributed by atoms with E-state index in [0.29, 0.717) is 25.9 Å². The molecule has 0 unspecified atom stereocenters. The molecular formula is C16H21NO3. The van der Waals surface area contributed by atoms with Crippen LogP contribution in [0.3, 0.4) is 0 Å². The van der Waals surface area contributed by atoms with Crippen molar-refractivity contribution in [2.75, 3.05) is 6.54 Å². The van der Waals surface area contributed by atoms with Crippen LogP contribution in [0.25, 0.3) is 11.0 Å². The number of benzene rings is 1. The first-order valence-electron chi connectivity index (χ1n) is 7.02. The van der Waals surface area contributed by atoms with Crippen molar-refractivity contribution in [3.63, 3.8) is 0 Å². The Bertz CT molecular complexity index is 584. The summed E-state index contributed by atoms with van der Waals surface area (Å²) in [7, 11) is 0. The molecule has 0 radical (unpaired) electrons. The first kappa shape index (κ1) is 14.6. The summed E-state index contributed by atoms with van der Waals surface area (Å²) >= 11 is 0. The zero-order chi connectivity index (χ0) is 14.6. The van der Waals surface area contributed by atoms with Gasteiger partial charge in [0.25, 0.3) is 0 Å². The van der Waals surface area contributed by atoms with Crippen LogP contribution in [0.15, 0.2) is 34.9 Å². The van der Waals surface area contributed by atoms with Crippen LogP contribution in [0.1, 0.15) is 32.3 Å². The summed E-state index contributed by atoms with van der Waals surface area (Å²) < 4.78 is 5.48. The van der Waals surface area contributed by atoms with Crippen LogP contribution in [-0.4, -0.2) is 17.6 Å². The predicted molar refractivity (Wildman–Crippen MR) is 78.6 cm³/mol. The largest absolute Gasteiger partial charge is 0.481 e. The predicted octanol–water partition coefficient (Wildman–Crippen LogP) is 3.41. The lowest BCUT2D eigenvalue weighted by Crippen LogP contribution is -2.40. The third kappa shape index (κ3) is 2.70. The van der Waals surface area contributed by atoms with Gasteiger partial charge in [0.15, 0.2) is 0 Å². The number of fused-ring (bicyclic) bond motifs is 1. The van der Waals surface area contributed by atoms with Gasteiger partial charge in [-0.2, -0.15) is 0 Å². The summed E-state index contributed by atoms with van der Waals surface area (Å²) in [5, 5.41) is 13.7. The van der Waals surface area contributed by atoms with Crippen LogP contribution in [0.5, 0.6) is 0 Å². The fourth-order valence-corrected chi connectivity index (χ4v) is 2.51. The molecular weight excluding hydrogens is 254 g/mol. The third-order valence-corrected chi connectivity index (χ3v) is 4.15. The highest BCUT2D eigenvalue weighted by molar-refractivity contribution is 5.80. The molecule has 20 heavy (non-hydrogen) atoms. The molecule has 1 heterocycles. The number of hydrogen-bond acceptors (Lipinski definition) is 3. The first-order chi connectivity index (χ1) is 9.63. The molecule has 0 bridgehead atoms. The normalized spacial score (nSPS) is 11.9. The zero-order valence-electron chi connectivity index (χ0n) is 12.0. The Morgan fingerprint density at radius 2 is 2.05 bits per heavy atom. The average Bonchev–Trinajstić information content (AvgIpc) is 2.93. The van der Waals surface area contributed by atoms with Crippen molar-refractivity contribution in [3.8, 4) is 0 Å². The van der Waals surface area contributed by atoms with Gasteiger partial charge < -0.3 is 14.8 Å². The SMILES string of the molecule is CCC(CC)(CNCc1cccc2ccoc12)C(=O)O. The lowest BCUT2D eigenvalue weighted by atomic mass is 9.82. The van der Waals surface area contributed by atoms with Gasteiger partial charge in [0.1, 0.15) is 5.58 Å². The summed E-state index contributed by atoms with van der Waals surface area (Å²) in [6.45, 7) is 4.92. The monoisotopic (exact) mass is 275 g/mol. The van der Waals surface area contributed by atoms with Gasteiger partial charge >= 0.3 is 5.97 Å². The standard InChI is InChI=1S/C16H21NO3/c1-3-16(4-2,15(18)19)11-17-10-13-7-5-6-12-8-9-20-14(12)13/h5-9,17H,3-4,10-11H2,1-2H3,(H,18,19). The van der Waals surface area contributed by atoms with Crippen LogP contribution < -0.4 is 5.32 Å². The summed E-state index contributed by atoms with van der Waals surface area (Å²) in [4.78, 5) is 11.4. The third-order valence-electron chi connectivity index (χ3n) is 4.15. The highest BCUT2D eigenvalue weighted by Gasteiger charge is 2.34. The van der Waals surface area contributed by atoms with Crippen molar-refractivity contribution in [3.05, 3.63) is 36.1 Å². The van der Waals surface area contributed by atoms with E-state index in [4.69, 9.17) is 4.42 Å². The van der Waals surface area contributed by atoms with E-state index < -0.39 is 11.4 Å². The van der Waals surface area contributed by atoms with Crippen molar-refractivity contribution >= 4 is 16.9 Å². The van der Waals surface area contributed by atoms with Gasteiger partial charge in [-0.1, -0.05) is 32.0 Å². The summed E-state index contributed by atoms with van der Waals surface area (Å²) in [6, 6.07) is 7.92. The quantitative estimate of drug-likeness (QED) is 0.812. The van der Waals surface area contributed by atoms with E-state index in [9.17, 15) is 9.90 Å². The summed E-state index contributed by atoms with van der Waals surface area (Å²) in [6.07, 6.45) is 2.92. The fourth-order valence-electron chi connectivity index (χ4n) is 2.51. The van der Waals surface area contributed by atoms with Crippen molar-refractivity contribution in [2.45, 2.75) is 33.2 Å². The van der Waals surface area contributed by atoms with E-state index in [1.807, 2.05) is 38.1 Å². The molecule has 1 aromatic carbocycles. The molecule has 2 N–H and O–H groups in total. The molecule has 1 aromatic heterocycles. The van der Waals surface area contributed by atoms with E-state index >= 15 is 0 Å². The molecule has 0 saturated heterocycles. The lowest BCUT2D eigenvalue weighted by Gasteiger charge is -2.27. The maximum Gasteiger partial charge on any atom is 0.310 e. The Labute approximate surface area is 118 Å². The van der Waals surface area contributed by atoms with Crippen molar-refractivity contribution < 1.29 is 14.3 Å². The molecule has 4 heteroatoms. The van der Waals surface area contributed by atoms with E-state index in [0.717, 1.165) is 16.5 Å². The Balaban J connectivity index is 2.05. The Morgan fingerprint density at radius 3 is 2.70 bits per heavy atom. The number of carboxylic acids is 1. The molecule has 2 rings (SSSR count). The minimum Gasteiger partial charge on any atom is -0.481 e. The van der Waals surface area contributed by atoms with Gasteiger partial charge in [0.2, 0.25) is 0 Å². The van der Waals surface area contributed by atoms with Gasteiger partial charge in [-0.05, 0) is 18.9 Å². The second-order valence-corrected chi connectivity index (χ2v) is 5.15. The number of carboxylic acid groups (broad SMARTS) is 1. The smallest absolute Gasteiger partial charge is 0.310 e. The maximum atomic E-state index is 11.4. The Kier molecular flexibility index (Phi) is 4.45. The van der Waals surface area contributed by atoms with Crippen LogP contribution in [-0.2, 0) is 11.3 Å². The first-order valence-corrected chi connectivity index (χ1v) is 7.02. The van der Waals surface area contributed by atoms with Crippen molar-refractivity contribution in [1.82, 2.24) is 5.32 Å². The Hall–Kier alpha value is -1.81. The minimum atomic E-state index is -0.730. The fraction of sp³-hybridized carbons (Fsp3) is 0.438. The molecule has 4 nitrogen and oxygen atoms in total. The second kappa shape index (κ2) is 6.09. The van der Waals surface area contributed by atoms with E-state index in [1.165, 1.54) is 0 Å². The Morgan fingerprint density at radius 1 is 1.30 bits per heavy atom. The van der Waals surface area contributed by atoms with E-state index in [1.54, 1.807) is 6.26 Å². The molecule has 2 aromatic rings.